The molecule has 0 aliphatic rings. The first kappa shape index (κ1) is 20.1. The van der Waals surface area contributed by atoms with E-state index in [-0.39, 0.29) is 24.7 Å². The van der Waals surface area contributed by atoms with Gasteiger partial charge in [0.05, 0.1) is 18.6 Å². The molecule has 0 fully saturated rings. The third-order valence-electron chi connectivity index (χ3n) is 4.37. The third-order valence-corrected chi connectivity index (χ3v) is 4.37. The normalized spacial score (nSPS) is 11.4. The van der Waals surface area contributed by atoms with Gasteiger partial charge in [-0.1, -0.05) is 15.6 Å². The minimum atomic E-state index is -1.33. The van der Waals surface area contributed by atoms with E-state index in [4.69, 9.17) is 0 Å². The molecule has 13 nitrogen and oxygen atoms in total. The lowest BCUT2D eigenvalue weighted by Crippen LogP contribution is -2.49. The van der Waals surface area contributed by atoms with Crippen LogP contribution in [0.15, 0.2) is 18.6 Å². The van der Waals surface area contributed by atoms with Gasteiger partial charge in [0.15, 0.2) is 5.54 Å². The molecule has 0 aromatic carbocycles. The number of hydrogen-bond donors (Lipinski definition) is 2. The lowest BCUT2D eigenvalue weighted by molar-refractivity contribution is -0.123. The Bertz CT molecular complexity index is 904. The first-order chi connectivity index (χ1) is 13.8. The predicted octanol–water partition coefficient (Wildman–Crippen LogP) is -1.60. The standard InChI is InChI=1S/C16H23N11O2/c1-17-14(28)6-5-7-15(29)18-16(11-8-25(2)22-19-11,12-9-26(3)23-20-12)13-10-27(4)24-21-13/h8-10H,5-7H2,1-4H3,(H,17,28)(H,18,29). The Labute approximate surface area is 166 Å². The molecule has 3 aromatic rings. The van der Waals surface area contributed by atoms with Gasteiger partial charge in [-0.2, -0.15) is 0 Å². The quantitative estimate of drug-likeness (QED) is 0.458. The zero-order valence-electron chi connectivity index (χ0n) is 16.7. The van der Waals surface area contributed by atoms with Crippen molar-refractivity contribution >= 4 is 11.8 Å². The van der Waals surface area contributed by atoms with Crippen molar-refractivity contribution in [1.29, 1.82) is 0 Å². The van der Waals surface area contributed by atoms with Crippen LogP contribution in [0.4, 0.5) is 0 Å². The fourth-order valence-corrected chi connectivity index (χ4v) is 2.95. The number of nitrogens with zero attached hydrogens (tertiary/aromatic N) is 9. The van der Waals surface area contributed by atoms with Crippen LogP contribution in [0, 0.1) is 0 Å². The maximum atomic E-state index is 12.9. The van der Waals surface area contributed by atoms with Crippen molar-refractivity contribution in [1.82, 2.24) is 55.6 Å². The molecule has 13 heteroatoms. The SMILES string of the molecule is CNC(=O)CCCC(=O)NC(c1cn(C)nn1)(c1cn(C)nn1)c1cn(C)nn1. The van der Waals surface area contributed by atoms with E-state index in [1.165, 1.54) is 14.0 Å². The summed E-state index contributed by atoms with van der Waals surface area (Å²) in [6.45, 7) is 0. The number of rotatable bonds is 8. The maximum Gasteiger partial charge on any atom is 0.221 e. The van der Waals surface area contributed by atoms with Crippen molar-refractivity contribution in [3.8, 4) is 0 Å². The number of carbonyl (C=O) groups excluding carboxylic acids is 2. The highest BCUT2D eigenvalue weighted by atomic mass is 16.2. The van der Waals surface area contributed by atoms with Crippen LogP contribution in [0.2, 0.25) is 0 Å². The molecule has 0 aliphatic heterocycles. The molecule has 3 aromatic heterocycles. The first-order valence-electron chi connectivity index (χ1n) is 8.97. The van der Waals surface area contributed by atoms with Gasteiger partial charge in [-0.15, -0.1) is 15.3 Å². The summed E-state index contributed by atoms with van der Waals surface area (Å²) < 4.78 is 4.57. The summed E-state index contributed by atoms with van der Waals surface area (Å²) in [5.41, 5.74) is -0.0807. The number of carbonyl (C=O) groups is 2. The van der Waals surface area contributed by atoms with Gasteiger partial charge in [-0.3, -0.25) is 23.6 Å². The first-order valence-corrected chi connectivity index (χ1v) is 8.97. The van der Waals surface area contributed by atoms with Crippen LogP contribution < -0.4 is 10.6 Å². The molecule has 0 radical (unpaired) electrons. The molecule has 0 saturated heterocycles. The Morgan fingerprint density at radius 2 is 1.24 bits per heavy atom. The Balaban J connectivity index is 2.02. The van der Waals surface area contributed by atoms with Gasteiger partial charge in [-0.25, -0.2) is 0 Å². The maximum absolute atomic E-state index is 12.9. The second-order valence-electron chi connectivity index (χ2n) is 6.66. The van der Waals surface area contributed by atoms with Crippen molar-refractivity contribution < 1.29 is 9.59 Å². The zero-order valence-corrected chi connectivity index (χ0v) is 16.7. The molecule has 3 rings (SSSR count). The van der Waals surface area contributed by atoms with Crippen molar-refractivity contribution in [3.63, 3.8) is 0 Å². The Hall–Kier alpha value is -3.64. The Morgan fingerprint density at radius 3 is 1.59 bits per heavy atom. The zero-order chi connectivity index (χ0) is 21.0. The molecule has 2 N–H and O–H groups in total. The summed E-state index contributed by atoms with van der Waals surface area (Å²) in [4.78, 5) is 24.3. The molecule has 0 spiro atoms. The minimum absolute atomic E-state index is 0.124. The summed E-state index contributed by atoms with van der Waals surface area (Å²) >= 11 is 0. The molecule has 3 heterocycles. The van der Waals surface area contributed by atoms with Gasteiger partial charge in [0, 0.05) is 41.0 Å². The molecule has 29 heavy (non-hydrogen) atoms. The van der Waals surface area contributed by atoms with Gasteiger partial charge < -0.3 is 10.6 Å². The number of aryl methyl sites for hydroxylation is 3. The van der Waals surface area contributed by atoms with E-state index in [9.17, 15) is 9.59 Å². The van der Waals surface area contributed by atoms with Crippen LogP contribution >= 0.6 is 0 Å². The summed E-state index contributed by atoms with van der Waals surface area (Å²) in [5.74, 6) is -0.420. The van der Waals surface area contributed by atoms with Crippen LogP contribution in [0.3, 0.4) is 0 Å². The highest BCUT2D eigenvalue weighted by molar-refractivity contribution is 5.80. The van der Waals surface area contributed by atoms with Gasteiger partial charge in [0.25, 0.3) is 0 Å². The van der Waals surface area contributed by atoms with E-state index < -0.39 is 5.54 Å². The monoisotopic (exact) mass is 401 g/mol. The second-order valence-corrected chi connectivity index (χ2v) is 6.66. The van der Waals surface area contributed by atoms with Crippen LogP contribution in [0.1, 0.15) is 36.3 Å². The molecular formula is C16H23N11O2. The smallest absolute Gasteiger partial charge is 0.221 e. The highest BCUT2D eigenvalue weighted by Gasteiger charge is 2.45. The van der Waals surface area contributed by atoms with Gasteiger partial charge in [0.1, 0.15) is 17.1 Å². The molecule has 154 valence electrons. The van der Waals surface area contributed by atoms with Crippen molar-refractivity contribution in [2.75, 3.05) is 7.05 Å². The van der Waals surface area contributed by atoms with Crippen LogP contribution in [0.5, 0.6) is 0 Å². The minimum Gasteiger partial charge on any atom is -0.359 e. The van der Waals surface area contributed by atoms with Gasteiger partial charge in [0.2, 0.25) is 11.8 Å². The highest BCUT2D eigenvalue weighted by Crippen LogP contribution is 2.33. The van der Waals surface area contributed by atoms with E-state index in [0.717, 1.165) is 0 Å². The summed E-state index contributed by atoms with van der Waals surface area (Å²) in [5, 5.41) is 30.2. The fraction of sp³-hybridized carbons (Fsp3) is 0.500. The van der Waals surface area contributed by atoms with Crippen molar-refractivity contribution in [2.24, 2.45) is 21.1 Å². The number of nitrogens with one attached hydrogen (secondary N) is 2. The number of amides is 2. The summed E-state index contributed by atoms with van der Waals surface area (Å²) in [7, 11) is 6.73. The Morgan fingerprint density at radius 1 is 0.828 bits per heavy atom. The molecule has 0 bridgehead atoms. The third kappa shape index (κ3) is 4.12. The largest absolute Gasteiger partial charge is 0.359 e. The van der Waals surface area contributed by atoms with E-state index >= 15 is 0 Å². The summed E-state index contributed by atoms with van der Waals surface area (Å²) in [6, 6.07) is 0. The fourth-order valence-electron chi connectivity index (χ4n) is 2.95. The second kappa shape index (κ2) is 8.16. The van der Waals surface area contributed by atoms with Crippen LogP contribution in [-0.2, 0) is 36.3 Å². The van der Waals surface area contributed by atoms with E-state index in [0.29, 0.717) is 23.5 Å². The molecule has 0 atom stereocenters. The van der Waals surface area contributed by atoms with E-state index in [2.05, 4.69) is 41.6 Å². The van der Waals surface area contributed by atoms with E-state index in [1.807, 2.05) is 0 Å². The molecule has 0 aliphatic carbocycles. The predicted molar refractivity (Wildman–Crippen MR) is 99.0 cm³/mol. The molecule has 0 unspecified atom stereocenters. The topological polar surface area (TPSA) is 150 Å². The molecule has 0 saturated carbocycles. The van der Waals surface area contributed by atoms with Crippen LogP contribution in [-0.4, -0.2) is 63.8 Å². The van der Waals surface area contributed by atoms with Crippen LogP contribution in [0.25, 0.3) is 0 Å². The molecular weight excluding hydrogens is 378 g/mol. The lowest BCUT2D eigenvalue weighted by atomic mass is 9.88. The lowest BCUT2D eigenvalue weighted by Gasteiger charge is -2.28. The van der Waals surface area contributed by atoms with Crippen molar-refractivity contribution in [2.45, 2.75) is 24.8 Å². The average molecular weight is 401 g/mol. The van der Waals surface area contributed by atoms with E-state index in [1.54, 1.807) is 46.8 Å². The van der Waals surface area contributed by atoms with Gasteiger partial charge in [-0.05, 0) is 6.42 Å². The number of hydrogen-bond acceptors (Lipinski definition) is 8. The Kier molecular flexibility index (Phi) is 5.66. The van der Waals surface area contributed by atoms with Gasteiger partial charge >= 0.3 is 0 Å². The number of aromatic nitrogens is 9. The molecule has 2 amide bonds. The average Bonchev–Trinajstić information content (AvgIpc) is 3.41. The summed E-state index contributed by atoms with van der Waals surface area (Å²) in [6.07, 6.45) is 5.80. The van der Waals surface area contributed by atoms with Crippen molar-refractivity contribution in [3.05, 3.63) is 35.7 Å².